The molecule has 0 saturated carbocycles. The van der Waals surface area contributed by atoms with Crippen LogP contribution in [0.3, 0.4) is 0 Å². The average molecular weight is 515 g/mol. The molecule has 1 N–H and O–H groups in total. The Morgan fingerprint density at radius 1 is 0.737 bits per heavy atom. The lowest BCUT2D eigenvalue weighted by Crippen LogP contribution is -2.67. The van der Waals surface area contributed by atoms with Gasteiger partial charge in [-0.05, 0) is 29.5 Å². The minimum Gasteiger partial charge on any atom is -0.384 e. The van der Waals surface area contributed by atoms with Crippen molar-refractivity contribution in [2.75, 3.05) is 6.61 Å². The second-order valence-electron chi connectivity index (χ2n) is 9.65. The summed E-state index contributed by atoms with van der Waals surface area (Å²) >= 11 is 0. The summed E-state index contributed by atoms with van der Waals surface area (Å²) < 4.78 is 25.7. The van der Waals surface area contributed by atoms with Gasteiger partial charge in [-0.1, -0.05) is 103 Å². The molecular weight excluding hydrogens is 476 g/mol. The van der Waals surface area contributed by atoms with Crippen molar-refractivity contribution in [2.24, 2.45) is 0 Å². The quantitative estimate of drug-likeness (QED) is 0.267. The Balaban J connectivity index is 1.61. The zero-order valence-corrected chi connectivity index (χ0v) is 21.9. The van der Waals surface area contributed by atoms with Gasteiger partial charge in [0.05, 0.1) is 32.5 Å². The molecule has 1 aliphatic rings. The normalized spacial score (nSPS) is 25.1. The Kier molecular flexibility index (Phi) is 10.4. The minimum atomic E-state index is -1.36. The first-order valence-electron chi connectivity index (χ1n) is 13.2. The smallest absolute Gasteiger partial charge is 0.123 e. The standard InChI is InChI=1S/C33H38O5/c1-3-14-30-33(34,21-4-2)32(37-24-28-19-12-7-13-20-28)31(36-23-27-17-10-6-11-18-27)29(38-30)25-35-22-26-15-8-5-9-16-26/h3-13,15-20,29-32,34H,1-2,14,21-25H2/t29-,30+,31-,32+,33-/m1/s1. The lowest BCUT2D eigenvalue weighted by molar-refractivity contribution is -0.298. The summed E-state index contributed by atoms with van der Waals surface area (Å²) in [6.45, 7) is 9.23. The molecule has 3 aromatic rings. The van der Waals surface area contributed by atoms with Gasteiger partial charge in [-0.25, -0.2) is 0 Å². The predicted molar refractivity (Wildman–Crippen MR) is 149 cm³/mol. The molecule has 5 heteroatoms. The van der Waals surface area contributed by atoms with Gasteiger partial charge < -0.3 is 24.1 Å². The van der Waals surface area contributed by atoms with Crippen LogP contribution in [-0.2, 0) is 38.8 Å². The fourth-order valence-electron chi connectivity index (χ4n) is 4.92. The largest absolute Gasteiger partial charge is 0.384 e. The van der Waals surface area contributed by atoms with Gasteiger partial charge in [0, 0.05) is 0 Å². The van der Waals surface area contributed by atoms with Crippen molar-refractivity contribution >= 4 is 0 Å². The van der Waals surface area contributed by atoms with E-state index in [2.05, 4.69) is 13.2 Å². The highest BCUT2D eigenvalue weighted by molar-refractivity contribution is 5.16. The molecule has 1 saturated heterocycles. The van der Waals surface area contributed by atoms with Crippen molar-refractivity contribution in [3.8, 4) is 0 Å². The molecule has 3 aromatic carbocycles. The first-order chi connectivity index (χ1) is 18.6. The van der Waals surface area contributed by atoms with Crippen LogP contribution in [0.5, 0.6) is 0 Å². The Bertz CT molecular complexity index is 1100. The molecular formula is C33H38O5. The second-order valence-corrected chi connectivity index (χ2v) is 9.65. The van der Waals surface area contributed by atoms with E-state index in [1.54, 1.807) is 12.2 Å². The van der Waals surface area contributed by atoms with Crippen LogP contribution < -0.4 is 0 Å². The average Bonchev–Trinajstić information content (AvgIpc) is 2.95. The van der Waals surface area contributed by atoms with Gasteiger partial charge in [0.25, 0.3) is 0 Å². The van der Waals surface area contributed by atoms with E-state index in [0.29, 0.717) is 26.2 Å². The maximum atomic E-state index is 12.1. The maximum Gasteiger partial charge on any atom is 0.123 e. The van der Waals surface area contributed by atoms with Gasteiger partial charge in [-0.15, -0.1) is 13.2 Å². The molecule has 5 atom stereocenters. The van der Waals surface area contributed by atoms with Crippen LogP contribution in [0, 0.1) is 0 Å². The molecule has 200 valence electrons. The van der Waals surface area contributed by atoms with Crippen LogP contribution in [0.15, 0.2) is 116 Å². The SMILES string of the molecule is C=CC[C@@H]1O[C@H](COCc2ccccc2)[C@@H](OCc2ccccc2)[C@H](OCc2ccccc2)[C@@]1(O)CC=C. The lowest BCUT2D eigenvalue weighted by atomic mass is 9.78. The number of ether oxygens (including phenoxy) is 4. The van der Waals surface area contributed by atoms with Crippen LogP contribution in [0.1, 0.15) is 29.5 Å². The van der Waals surface area contributed by atoms with Crippen LogP contribution in [0.25, 0.3) is 0 Å². The van der Waals surface area contributed by atoms with Gasteiger partial charge in [-0.2, -0.15) is 0 Å². The van der Waals surface area contributed by atoms with E-state index >= 15 is 0 Å². The van der Waals surface area contributed by atoms with Gasteiger partial charge in [0.1, 0.15) is 23.9 Å². The summed E-state index contributed by atoms with van der Waals surface area (Å²) in [7, 11) is 0. The highest BCUT2D eigenvalue weighted by atomic mass is 16.6. The third-order valence-corrected chi connectivity index (χ3v) is 6.86. The van der Waals surface area contributed by atoms with E-state index in [-0.39, 0.29) is 13.0 Å². The predicted octanol–water partition coefficient (Wildman–Crippen LogP) is 6.02. The van der Waals surface area contributed by atoms with E-state index in [4.69, 9.17) is 18.9 Å². The third-order valence-electron chi connectivity index (χ3n) is 6.86. The van der Waals surface area contributed by atoms with E-state index in [1.165, 1.54) is 0 Å². The number of aliphatic hydroxyl groups is 1. The number of hydrogen-bond acceptors (Lipinski definition) is 5. The topological polar surface area (TPSA) is 57.2 Å². The molecule has 38 heavy (non-hydrogen) atoms. The molecule has 0 aliphatic carbocycles. The highest BCUT2D eigenvalue weighted by Gasteiger charge is 2.55. The third kappa shape index (κ3) is 7.28. The molecule has 0 aromatic heterocycles. The first kappa shape index (κ1) is 28.0. The summed E-state index contributed by atoms with van der Waals surface area (Å²) in [5.74, 6) is 0. The lowest BCUT2D eigenvalue weighted by Gasteiger charge is -2.51. The summed E-state index contributed by atoms with van der Waals surface area (Å²) in [6.07, 6.45) is 1.93. The molecule has 1 fully saturated rings. The van der Waals surface area contributed by atoms with Crippen LogP contribution in [0.2, 0.25) is 0 Å². The summed E-state index contributed by atoms with van der Waals surface area (Å²) in [5, 5.41) is 12.1. The van der Waals surface area contributed by atoms with Crippen LogP contribution in [-0.4, -0.2) is 41.7 Å². The molecule has 4 rings (SSSR count). The zero-order valence-electron chi connectivity index (χ0n) is 21.9. The Hall–Kier alpha value is -3.06. The van der Waals surface area contributed by atoms with Crippen molar-refractivity contribution in [1.82, 2.24) is 0 Å². The number of benzene rings is 3. The molecule has 0 bridgehead atoms. The van der Waals surface area contributed by atoms with Crippen molar-refractivity contribution in [3.63, 3.8) is 0 Å². The Labute approximate surface area is 226 Å². The van der Waals surface area contributed by atoms with Gasteiger partial charge in [-0.3, -0.25) is 0 Å². The summed E-state index contributed by atoms with van der Waals surface area (Å²) in [6, 6.07) is 29.9. The first-order valence-corrected chi connectivity index (χ1v) is 13.2. The minimum absolute atomic E-state index is 0.285. The van der Waals surface area contributed by atoms with Crippen LogP contribution >= 0.6 is 0 Å². The maximum absolute atomic E-state index is 12.1. The van der Waals surface area contributed by atoms with E-state index in [1.807, 2.05) is 91.0 Å². The highest BCUT2D eigenvalue weighted by Crippen LogP contribution is 2.39. The second kappa shape index (κ2) is 14.2. The molecule has 0 unspecified atom stereocenters. The van der Waals surface area contributed by atoms with Crippen molar-refractivity contribution < 1.29 is 24.1 Å². The van der Waals surface area contributed by atoms with Gasteiger partial charge >= 0.3 is 0 Å². The molecule has 1 heterocycles. The molecule has 1 aliphatic heterocycles. The summed E-state index contributed by atoms with van der Waals surface area (Å²) in [5.41, 5.74) is 1.76. The van der Waals surface area contributed by atoms with E-state index in [9.17, 15) is 5.11 Å². The fourth-order valence-corrected chi connectivity index (χ4v) is 4.92. The fraction of sp³-hybridized carbons (Fsp3) is 0.333. The molecule has 0 amide bonds. The summed E-state index contributed by atoms with van der Waals surface area (Å²) in [4.78, 5) is 0. The molecule has 0 spiro atoms. The Morgan fingerprint density at radius 3 is 1.79 bits per heavy atom. The van der Waals surface area contributed by atoms with E-state index in [0.717, 1.165) is 16.7 Å². The number of hydrogen-bond donors (Lipinski definition) is 1. The van der Waals surface area contributed by atoms with Crippen LogP contribution in [0.4, 0.5) is 0 Å². The van der Waals surface area contributed by atoms with Gasteiger partial charge in [0.15, 0.2) is 0 Å². The van der Waals surface area contributed by atoms with Crippen molar-refractivity contribution in [3.05, 3.63) is 133 Å². The van der Waals surface area contributed by atoms with Crippen molar-refractivity contribution in [2.45, 2.75) is 62.7 Å². The molecule has 0 radical (unpaired) electrons. The molecule has 5 nitrogen and oxygen atoms in total. The monoisotopic (exact) mass is 514 g/mol. The van der Waals surface area contributed by atoms with E-state index < -0.39 is 30.0 Å². The zero-order chi connectivity index (χ0) is 26.6. The number of rotatable bonds is 14. The van der Waals surface area contributed by atoms with Crippen molar-refractivity contribution in [1.29, 1.82) is 0 Å². The van der Waals surface area contributed by atoms with Gasteiger partial charge in [0.2, 0.25) is 0 Å². The Morgan fingerprint density at radius 2 is 1.26 bits per heavy atom.